The van der Waals surface area contributed by atoms with E-state index in [1.165, 1.54) is 0 Å². The van der Waals surface area contributed by atoms with Gasteiger partial charge in [-0.25, -0.2) is 13.6 Å². The van der Waals surface area contributed by atoms with Crippen LogP contribution < -0.4 is 0 Å². The zero-order valence-corrected chi connectivity index (χ0v) is 9.41. The molecule has 0 radical (unpaired) electrons. The van der Waals surface area contributed by atoms with Gasteiger partial charge in [0.1, 0.15) is 11.3 Å². The van der Waals surface area contributed by atoms with Gasteiger partial charge in [0, 0.05) is 6.04 Å². The minimum atomic E-state index is -2.75. The Balaban J connectivity index is 3.15. The molecule has 0 aliphatic heterocycles. The molecule has 0 aromatic carbocycles. The van der Waals surface area contributed by atoms with E-state index in [-0.39, 0.29) is 23.9 Å². The highest BCUT2D eigenvalue weighted by Gasteiger charge is 2.26. The molecule has 1 aromatic heterocycles. The van der Waals surface area contributed by atoms with Gasteiger partial charge in [-0.3, -0.25) is 4.68 Å². The van der Waals surface area contributed by atoms with Gasteiger partial charge in [-0.05, 0) is 20.8 Å². The summed E-state index contributed by atoms with van der Waals surface area (Å²) in [6.07, 6.45) is -1.62. The van der Waals surface area contributed by atoms with Gasteiger partial charge in [-0.1, -0.05) is 0 Å². The van der Waals surface area contributed by atoms with Gasteiger partial charge in [-0.15, -0.1) is 0 Å². The van der Waals surface area contributed by atoms with E-state index in [1.54, 1.807) is 20.8 Å². The van der Waals surface area contributed by atoms with Crippen LogP contribution in [0.15, 0.2) is 6.20 Å². The summed E-state index contributed by atoms with van der Waals surface area (Å²) in [7, 11) is 0. The Morgan fingerprint density at radius 3 is 2.62 bits per heavy atom. The summed E-state index contributed by atoms with van der Waals surface area (Å²) in [6.45, 7) is 5.20. The molecular weight excluding hydrogens is 218 g/mol. The summed E-state index contributed by atoms with van der Waals surface area (Å²) in [5.41, 5.74) is -0.543. The summed E-state index contributed by atoms with van der Waals surface area (Å²) >= 11 is 0. The average molecular weight is 232 g/mol. The number of carbonyl (C=O) groups excluding carboxylic acids is 1. The van der Waals surface area contributed by atoms with Crippen molar-refractivity contribution in [2.24, 2.45) is 0 Å². The fourth-order valence-corrected chi connectivity index (χ4v) is 1.37. The van der Waals surface area contributed by atoms with Crippen molar-refractivity contribution in [3.8, 4) is 0 Å². The Hall–Kier alpha value is -1.46. The fraction of sp³-hybridized carbons (Fsp3) is 0.600. The summed E-state index contributed by atoms with van der Waals surface area (Å²) in [5, 5.41) is 3.78. The van der Waals surface area contributed by atoms with Crippen molar-refractivity contribution in [3.63, 3.8) is 0 Å². The lowest BCUT2D eigenvalue weighted by Crippen LogP contribution is -2.12. The highest BCUT2D eigenvalue weighted by atomic mass is 19.3. The van der Waals surface area contributed by atoms with Crippen molar-refractivity contribution in [2.75, 3.05) is 6.61 Å². The molecule has 6 heteroatoms. The molecular formula is C10H14F2N2O2. The molecule has 0 bridgehead atoms. The monoisotopic (exact) mass is 232 g/mol. The number of hydrogen-bond acceptors (Lipinski definition) is 3. The topological polar surface area (TPSA) is 44.1 Å². The molecule has 0 atom stereocenters. The lowest BCUT2D eigenvalue weighted by Gasteiger charge is -2.11. The van der Waals surface area contributed by atoms with Crippen LogP contribution in [-0.2, 0) is 4.74 Å². The van der Waals surface area contributed by atoms with Crippen LogP contribution in [0.1, 0.15) is 49.3 Å². The van der Waals surface area contributed by atoms with Crippen molar-refractivity contribution in [2.45, 2.75) is 33.2 Å². The van der Waals surface area contributed by atoms with Crippen LogP contribution >= 0.6 is 0 Å². The third-order valence-corrected chi connectivity index (χ3v) is 2.03. The number of aromatic nitrogens is 2. The molecule has 90 valence electrons. The molecule has 1 rings (SSSR count). The molecule has 0 saturated heterocycles. The highest BCUT2D eigenvalue weighted by Crippen LogP contribution is 2.25. The minimum Gasteiger partial charge on any atom is -0.462 e. The van der Waals surface area contributed by atoms with E-state index in [9.17, 15) is 13.6 Å². The predicted octanol–water partition coefficient (Wildman–Crippen LogP) is 2.58. The molecule has 0 aliphatic rings. The number of rotatable bonds is 4. The summed E-state index contributed by atoms with van der Waals surface area (Å²) in [5.74, 6) is -0.760. The standard InChI is InChI=1S/C10H14F2N2O2/c1-4-16-10(15)7-5-13-14(6(2)3)8(7)9(11)12/h5-6,9H,4H2,1-3H3. The number of carbonyl (C=O) groups is 1. The Kier molecular flexibility index (Phi) is 3.98. The first kappa shape index (κ1) is 12.6. The first-order chi connectivity index (χ1) is 7.49. The number of hydrogen-bond donors (Lipinski definition) is 0. The zero-order chi connectivity index (χ0) is 12.3. The van der Waals surface area contributed by atoms with Gasteiger partial charge in [0.15, 0.2) is 0 Å². The quantitative estimate of drug-likeness (QED) is 0.749. The fourth-order valence-electron chi connectivity index (χ4n) is 1.37. The molecule has 1 aromatic rings. The maximum atomic E-state index is 12.8. The van der Waals surface area contributed by atoms with Gasteiger partial charge < -0.3 is 4.74 Å². The maximum absolute atomic E-state index is 12.8. The lowest BCUT2D eigenvalue weighted by molar-refractivity contribution is 0.0513. The average Bonchev–Trinajstić information content (AvgIpc) is 2.61. The molecule has 4 nitrogen and oxygen atoms in total. The molecule has 0 fully saturated rings. The Bertz CT molecular complexity index is 375. The number of nitrogens with zero attached hydrogens (tertiary/aromatic N) is 2. The van der Waals surface area contributed by atoms with Crippen molar-refractivity contribution < 1.29 is 18.3 Å². The van der Waals surface area contributed by atoms with Crippen molar-refractivity contribution in [3.05, 3.63) is 17.5 Å². The Labute approximate surface area is 92.2 Å². The number of esters is 1. The molecule has 1 heterocycles. The second-order valence-corrected chi connectivity index (χ2v) is 3.50. The smallest absolute Gasteiger partial charge is 0.341 e. The molecule has 0 unspecified atom stereocenters. The summed E-state index contributed by atoms with van der Waals surface area (Å²) in [4.78, 5) is 11.4. The van der Waals surface area contributed by atoms with Crippen LogP contribution in [0.3, 0.4) is 0 Å². The third-order valence-electron chi connectivity index (χ3n) is 2.03. The van der Waals surface area contributed by atoms with E-state index in [2.05, 4.69) is 9.84 Å². The Morgan fingerprint density at radius 2 is 2.19 bits per heavy atom. The van der Waals surface area contributed by atoms with Crippen molar-refractivity contribution >= 4 is 5.97 Å². The SMILES string of the molecule is CCOC(=O)c1cnn(C(C)C)c1C(F)F. The summed E-state index contributed by atoms with van der Waals surface area (Å²) < 4.78 is 31.4. The summed E-state index contributed by atoms with van der Waals surface area (Å²) in [6, 6.07) is -0.229. The minimum absolute atomic E-state index is 0.147. The van der Waals surface area contributed by atoms with Gasteiger partial charge in [0.2, 0.25) is 0 Å². The number of halogens is 2. The Morgan fingerprint density at radius 1 is 1.56 bits per heavy atom. The van der Waals surface area contributed by atoms with Crippen LogP contribution in [-0.4, -0.2) is 22.4 Å². The van der Waals surface area contributed by atoms with Crippen molar-refractivity contribution in [1.29, 1.82) is 0 Å². The van der Waals surface area contributed by atoms with Crippen LogP contribution in [0, 0.1) is 0 Å². The lowest BCUT2D eigenvalue weighted by atomic mass is 10.2. The van der Waals surface area contributed by atoms with Gasteiger partial charge in [0.25, 0.3) is 6.43 Å². The molecule has 0 spiro atoms. The first-order valence-corrected chi connectivity index (χ1v) is 5.01. The highest BCUT2D eigenvalue weighted by molar-refractivity contribution is 5.90. The van der Waals surface area contributed by atoms with Crippen LogP contribution in [0.25, 0.3) is 0 Å². The van der Waals surface area contributed by atoms with E-state index in [0.717, 1.165) is 10.9 Å². The largest absolute Gasteiger partial charge is 0.462 e. The third kappa shape index (κ3) is 2.37. The molecule has 16 heavy (non-hydrogen) atoms. The van der Waals surface area contributed by atoms with Crippen LogP contribution in [0.5, 0.6) is 0 Å². The van der Waals surface area contributed by atoms with Gasteiger partial charge >= 0.3 is 5.97 Å². The maximum Gasteiger partial charge on any atom is 0.341 e. The van der Waals surface area contributed by atoms with Crippen molar-refractivity contribution in [1.82, 2.24) is 9.78 Å². The normalized spacial score (nSPS) is 11.2. The van der Waals surface area contributed by atoms with E-state index in [1.807, 2.05) is 0 Å². The number of alkyl halides is 2. The van der Waals surface area contributed by atoms with Crippen LogP contribution in [0.4, 0.5) is 8.78 Å². The van der Waals surface area contributed by atoms with E-state index in [0.29, 0.717) is 0 Å². The molecule has 0 saturated carbocycles. The second kappa shape index (κ2) is 5.05. The molecule has 0 aliphatic carbocycles. The van der Waals surface area contributed by atoms with E-state index in [4.69, 9.17) is 0 Å². The van der Waals surface area contributed by atoms with Gasteiger partial charge in [0.05, 0.1) is 12.8 Å². The first-order valence-electron chi connectivity index (χ1n) is 5.01. The van der Waals surface area contributed by atoms with Crippen LogP contribution in [0.2, 0.25) is 0 Å². The molecule has 0 amide bonds. The van der Waals surface area contributed by atoms with E-state index < -0.39 is 12.4 Å². The van der Waals surface area contributed by atoms with Gasteiger partial charge in [-0.2, -0.15) is 5.10 Å². The second-order valence-electron chi connectivity index (χ2n) is 3.50. The molecule has 0 N–H and O–H groups in total. The zero-order valence-electron chi connectivity index (χ0n) is 9.41. The van der Waals surface area contributed by atoms with E-state index >= 15 is 0 Å². The predicted molar refractivity (Wildman–Crippen MR) is 53.5 cm³/mol. The number of ether oxygens (including phenoxy) is 1.